The van der Waals surface area contributed by atoms with Crippen molar-refractivity contribution in [3.05, 3.63) is 0 Å². The molecule has 2 N–H and O–H groups in total. The first-order valence-corrected chi connectivity index (χ1v) is 4.76. The Bertz CT molecular complexity index is 223. The summed E-state index contributed by atoms with van der Waals surface area (Å²) in [6.07, 6.45) is 2.93. The van der Waals surface area contributed by atoms with E-state index in [-0.39, 0.29) is 12.1 Å². The van der Waals surface area contributed by atoms with Gasteiger partial charge < -0.3 is 15.2 Å². The average Bonchev–Trinajstić information content (AvgIpc) is 2.19. The van der Waals surface area contributed by atoms with Crippen molar-refractivity contribution < 1.29 is 19.4 Å². The van der Waals surface area contributed by atoms with E-state index in [1.54, 1.807) is 6.92 Å². The lowest BCUT2D eigenvalue weighted by Crippen LogP contribution is -2.46. The van der Waals surface area contributed by atoms with Crippen LogP contribution in [0.2, 0.25) is 0 Å². The van der Waals surface area contributed by atoms with Crippen LogP contribution in [-0.4, -0.2) is 35.7 Å². The van der Waals surface area contributed by atoms with Gasteiger partial charge in [0, 0.05) is 6.61 Å². The molecule has 14 heavy (non-hydrogen) atoms. The van der Waals surface area contributed by atoms with E-state index in [0.717, 1.165) is 19.3 Å². The highest BCUT2D eigenvalue weighted by molar-refractivity contribution is 6.31. The lowest BCUT2D eigenvalue weighted by Gasteiger charge is -2.28. The van der Waals surface area contributed by atoms with Crippen LogP contribution in [0.3, 0.4) is 0 Å². The fourth-order valence-electron chi connectivity index (χ4n) is 1.52. The second-order valence-electron chi connectivity index (χ2n) is 3.47. The number of carbonyl (C=O) groups is 2. The van der Waals surface area contributed by atoms with E-state index in [4.69, 9.17) is 9.84 Å². The molecular formula is C9H15NO4. The molecular weight excluding hydrogens is 186 g/mol. The normalized spacial score (nSPS) is 23.9. The van der Waals surface area contributed by atoms with E-state index in [9.17, 15) is 9.59 Å². The van der Waals surface area contributed by atoms with E-state index in [1.807, 2.05) is 0 Å². The van der Waals surface area contributed by atoms with E-state index in [1.165, 1.54) is 0 Å². The third-order valence-electron chi connectivity index (χ3n) is 2.33. The predicted molar refractivity (Wildman–Crippen MR) is 48.8 cm³/mol. The van der Waals surface area contributed by atoms with Crippen molar-refractivity contribution in [3.8, 4) is 0 Å². The highest BCUT2D eigenvalue weighted by Gasteiger charge is 2.24. The van der Waals surface area contributed by atoms with Gasteiger partial charge in [0.25, 0.3) is 0 Å². The van der Waals surface area contributed by atoms with Crippen LogP contribution in [0.4, 0.5) is 0 Å². The second-order valence-corrected chi connectivity index (χ2v) is 3.47. The Kier molecular flexibility index (Phi) is 3.88. The van der Waals surface area contributed by atoms with E-state index < -0.39 is 11.9 Å². The van der Waals surface area contributed by atoms with Gasteiger partial charge in [-0.05, 0) is 26.2 Å². The van der Waals surface area contributed by atoms with Crippen molar-refractivity contribution >= 4 is 11.9 Å². The van der Waals surface area contributed by atoms with Crippen molar-refractivity contribution in [1.29, 1.82) is 0 Å². The van der Waals surface area contributed by atoms with Gasteiger partial charge in [-0.3, -0.25) is 4.79 Å². The Morgan fingerprint density at radius 2 is 2.21 bits per heavy atom. The summed E-state index contributed by atoms with van der Waals surface area (Å²) >= 11 is 0. The Balaban J connectivity index is 2.36. The summed E-state index contributed by atoms with van der Waals surface area (Å²) in [5, 5.41) is 10.8. The third-order valence-corrected chi connectivity index (χ3v) is 2.33. The number of rotatable bonds is 2. The number of aliphatic carboxylic acids is 1. The van der Waals surface area contributed by atoms with Gasteiger partial charge in [-0.1, -0.05) is 0 Å². The minimum absolute atomic E-state index is 0.0490. The number of carboxylic acids is 1. The number of carbonyl (C=O) groups excluding carboxylic acids is 1. The minimum atomic E-state index is -1.45. The van der Waals surface area contributed by atoms with Crippen molar-refractivity contribution in [3.63, 3.8) is 0 Å². The maximum absolute atomic E-state index is 10.8. The summed E-state index contributed by atoms with van der Waals surface area (Å²) in [4.78, 5) is 21.1. The molecule has 0 aromatic heterocycles. The van der Waals surface area contributed by atoms with Gasteiger partial charge in [0.05, 0.1) is 12.1 Å². The second kappa shape index (κ2) is 4.95. The molecule has 0 aromatic rings. The number of nitrogens with one attached hydrogen (secondary N) is 1. The number of carboxylic acid groups (broad SMARTS) is 1. The van der Waals surface area contributed by atoms with Gasteiger partial charge >= 0.3 is 11.9 Å². The monoisotopic (exact) mass is 201 g/mol. The highest BCUT2D eigenvalue weighted by Crippen LogP contribution is 2.15. The number of hydrogen-bond acceptors (Lipinski definition) is 3. The molecule has 0 aromatic carbocycles. The number of ether oxygens (including phenoxy) is 1. The first-order valence-electron chi connectivity index (χ1n) is 4.76. The average molecular weight is 201 g/mol. The van der Waals surface area contributed by atoms with E-state index in [2.05, 4.69) is 5.32 Å². The molecule has 0 bridgehead atoms. The molecule has 1 heterocycles. The molecule has 2 atom stereocenters. The zero-order chi connectivity index (χ0) is 10.6. The van der Waals surface area contributed by atoms with Gasteiger partial charge in [0.1, 0.15) is 0 Å². The SMILES string of the molecule is CC(NC(=O)C(=O)O)C1CCCCO1. The van der Waals surface area contributed by atoms with Crippen LogP contribution in [0.1, 0.15) is 26.2 Å². The van der Waals surface area contributed by atoms with Crippen molar-refractivity contribution in [2.75, 3.05) is 6.61 Å². The lowest BCUT2D eigenvalue weighted by atomic mass is 10.0. The van der Waals surface area contributed by atoms with Crippen LogP contribution >= 0.6 is 0 Å². The maximum Gasteiger partial charge on any atom is 0.394 e. The lowest BCUT2D eigenvalue weighted by molar-refractivity contribution is -0.151. The van der Waals surface area contributed by atoms with E-state index in [0.29, 0.717) is 6.61 Å². The molecule has 5 nitrogen and oxygen atoms in total. The summed E-state index contributed by atoms with van der Waals surface area (Å²) in [5.74, 6) is -2.42. The van der Waals surface area contributed by atoms with Crippen molar-refractivity contribution in [2.45, 2.75) is 38.3 Å². The van der Waals surface area contributed by atoms with Crippen molar-refractivity contribution in [1.82, 2.24) is 5.32 Å². The molecule has 80 valence electrons. The van der Waals surface area contributed by atoms with Crippen LogP contribution in [0.25, 0.3) is 0 Å². The molecule has 0 saturated carbocycles. The molecule has 1 aliphatic heterocycles. The molecule has 5 heteroatoms. The number of hydrogen-bond donors (Lipinski definition) is 2. The predicted octanol–water partition coefficient (Wildman–Crippen LogP) is 0.145. The van der Waals surface area contributed by atoms with Crippen molar-refractivity contribution in [2.24, 2.45) is 0 Å². The fourth-order valence-corrected chi connectivity index (χ4v) is 1.52. The van der Waals surface area contributed by atoms with Crippen LogP contribution in [0.5, 0.6) is 0 Å². The fraction of sp³-hybridized carbons (Fsp3) is 0.778. The zero-order valence-corrected chi connectivity index (χ0v) is 8.16. The largest absolute Gasteiger partial charge is 0.474 e. The quantitative estimate of drug-likeness (QED) is 0.623. The molecule has 0 spiro atoms. The third kappa shape index (κ3) is 2.99. The molecule has 0 aliphatic carbocycles. The summed E-state index contributed by atoms with van der Waals surface area (Å²) in [5.41, 5.74) is 0. The van der Waals surface area contributed by atoms with Gasteiger partial charge in [0.15, 0.2) is 0 Å². The Morgan fingerprint density at radius 3 is 2.71 bits per heavy atom. The standard InChI is InChI=1S/C9H15NO4/c1-6(10-8(11)9(12)13)7-4-2-3-5-14-7/h6-7H,2-5H2,1H3,(H,10,11)(H,12,13). The molecule has 2 unspecified atom stereocenters. The summed E-state index contributed by atoms with van der Waals surface area (Å²) in [7, 11) is 0. The van der Waals surface area contributed by atoms with Crippen LogP contribution in [0.15, 0.2) is 0 Å². The maximum atomic E-state index is 10.8. The van der Waals surface area contributed by atoms with Crippen LogP contribution in [-0.2, 0) is 14.3 Å². The molecule has 1 saturated heterocycles. The summed E-state index contributed by atoms with van der Waals surface area (Å²) < 4.78 is 5.41. The Morgan fingerprint density at radius 1 is 1.50 bits per heavy atom. The smallest absolute Gasteiger partial charge is 0.394 e. The summed E-state index contributed by atoms with van der Waals surface area (Å²) in [6, 6.07) is -0.237. The molecule has 1 rings (SSSR count). The highest BCUT2D eigenvalue weighted by atomic mass is 16.5. The molecule has 0 radical (unpaired) electrons. The van der Waals surface area contributed by atoms with Gasteiger partial charge in [-0.25, -0.2) is 4.79 Å². The summed E-state index contributed by atoms with van der Waals surface area (Å²) in [6.45, 7) is 2.45. The molecule has 1 aliphatic rings. The van der Waals surface area contributed by atoms with Gasteiger partial charge in [-0.15, -0.1) is 0 Å². The minimum Gasteiger partial charge on any atom is -0.474 e. The van der Waals surface area contributed by atoms with Gasteiger partial charge in [0.2, 0.25) is 0 Å². The topological polar surface area (TPSA) is 75.6 Å². The first-order chi connectivity index (χ1) is 6.61. The molecule has 1 fully saturated rings. The van der Waals surface area contributed by atoms with Crippen LogP contribution in [0, 0.1) is 0 Å². The molecule has 1 amide bonds. The number of amides is 1. The van der Waals surface area contributed by atoms with E-state index >= 15 is 0 Å². The van der Waals surface area contributed by atoms with Gasteiger partial charge in [-0.2, -0.15) is 0 Å². The Labute approximate surface area is 82.4 Å². The Hall–Kier alpha value is -1.10. The zero-order valence-electron chi connectivity index (χ0n) is 8.16. The first kappa shape index (κ1) is 11.0. The van der Waals surface area contributed by atoms with Crippen LogP contribution < -0.4 is 5.32 Å².